The van der Waals surface area contributed by atoms with Crippen molar-refractivity contribution in [2.75, 3.05) is 39.5 Å². The van der Waals surface area contributed by atoms with Gasteiger partial charge in [0.2, 0.25) is 0 Å². The van der Waals surface area contributed by atoms with Gasteiger partial charge in [-0.2, -0.15) is 0 Å². The molecule has 1 fully saturated rings. The number of carbonyl (C=O) groups is 1. The molecule has 1 N–H and O–H groups in total. The number of carbonyl (C=O) groups excluding carboxylic acids is 1. The summed E-state index contributed by atoms with van der Waals surface area (Å²) in [5.74, 6) is 1.52. The summed E-state index contributed by atoms with van der Waals surface area (Å²) in [5, 5.41) is 0. The number of hydrogen-bond acceptors (Lipinski definition) is 3. The lowest BCUT2D eigenvalue weighted by Crippen LogP contribution is -3.14. The van der Waals surface area contributed by atoms with E-state index in [1.165, 1.54) is 25.9 Å². The van der Waals surface area contributed by atoms with Crippen LogP contribution in [0.5, 0.6) is 5.75 Å². The Kier molecular flexibility index (Phi) is 6.87. The van der Waals surface area contributed by atoms with E-state index in [0.29, 0.717) is 24.5 Å². The summed E-state index contributed by atoms with van der Waals surface area (Å²) < 4.78 is 11.3. The van der Waals surface area contributed by atoms with Crippen molar-refractivity contribution >= 4 is 5.78 Å². The summed E-state index contributed by atoms with van der Waals surface area (Å²) in [6.45, 7) is 9.34. The molecule has 0 bridgehead atoms. The first-order valence-corrected chi connectivity index (χ1v) is 8.31. The van der Waals surface area contributed by atoms with E-state index in [1.807, 2.05) is 18.2 Å². The van der Waals surface area contributed by atoms with Crippen molar-refractivity contribution < 1.29 is 19.2 Å². The molecule has 0 saturated carbocycles. The number of para-hydroxylation sites is 1. The van der Waals surface area contributed by atoms with Crippen LogP contribution in [0.3, 0.4) is 0 Å². The predicted octanol–water partition coefficient (Wildman–Crippen LogP) is 1.60. The van der Waals surface area contributed by atoms with Crippen molar-refractivity contribution in [1.82, 2.24) is 0 Å². The number of Topliss-reactive ketones (excluding diaryl/α,β-unsaturated/α-hetero) is 1. The zero-order chi connectivity index (χ0) is 15.8. The summed E-state index contributed by atoms with van der Waals surface area (Å²) in [5.41, 5.74) is 0.634. The van der Waals surface area contributed by atoms with Crippen LogP contribution >= 0.6 is 0 Å². The van der Waals surface area contributed by atoms with Gasteiger partial charge in [-0.3, -0.25) is 4.79 Å². The average Bonchev–Trinajstić information content (AvgIpc) is 2.51. The summed E-state index contributed by atoms with van der Waals surface area (Å²) in [6, 6.07) is 7.35. The third-order valence-electron chi connectivity index (χ3n) is 4.22. The van der Waals surface area contributed by atoms with Gasteiger partial charge < -0.3 is 14.4 Å². The molecule has 1 aromatic carbocycles. The van der Waals surface area contributed by atoms with Crippen LogP contribution in [0.25, 0.3) is 0 Å². The molecule has 4 heteroatoms. The number of rotatable bonds is 8. The van der Waals surface area contributed by atoms with Gasteiger partial charge in [0.25, 0.3) is 0 Å². The van der Waals surface area contributed by atoms with Gasteiger partial charge >= 0.3 is 0 Å². The van der Waals surface area contributed by atoms with Gasteiger partial charge in [0.05, 0.1) is 31.9 Å². The molecule has 1 saturated heterocycles. The number of hydrogen-bond donors (Lipinski definition) is 1. The molecule has 4 nitrogen and oxygen atoms in total. The first-order chi connectivity index (χ1) is 10.7. The second-order valence-corrected chi connectivity index (χ2v) is 6.21. The van der Waals surface area contributed by atoms with Crippen LogP contribution in [0, 0.1) is 5.92 Å². The molecule has 0 aliphatic carbocycles. The number of nitrogens with one attached hydrogen (secondary N) is 1. The zero-order valence-electron chi connectivity index (χ0n) is 13.8. The van der Waals surface area contributed by atoms with Crippen molar-refractivity contribution in [3.8, 4) is 5.75 Å². The molecular weight excluding hydrogens is 278 g/mol. The fourth-order valence-corrected chi connectivity index (χ4v) is 3.04. The molecule has 0 radical (unpaired) electrons. The SMILES string of the molecule is CC(=O)c1ccccc1OCCOCC[NH+]1CCC[C@H](C)C1. The van der Waals surface area contributed by atoms with Crippen molar-refractivity contribution in [3.05, 3.63) is 29.8 Å². The third kappa shape index (κ3) is 5.43. The van der Waals surface area contributed by atoms with E-state index in [9.17, 15) is 4.79 Å². The van der Waals surface area contributed by atoms with Gasteiger partial charge in [0.15, 0.2) is 5.78 Å². The minimum Gasteiger partial charge on any atom is -0.490 e. The quantitative estimate of drug-likeness (QED) is 0.586. The van der Waals surface area contributed by atoms with Crippen molar-refractivity contribution in [1.29, 1.82) is 0 Å². The molecule has 0 aromatic heterocycles. The Balaban J connectivity index is 1.60. The molecule has 1 aromatic rings. The predicted molar refractivity (Wildman–Crippen MR) is 86.7 cm³/mol. The molecule has 0 amide bonds. The fraction of sp³-hybridized carbons (Fsp3) is 0.611. The standard InChI is InChI=1S/C18H27NO3/c1-15-6-5-9-19(14-15)10-11-21-12-13-22-18-8-4-3-7-17(18)16(2)20/h3-4,7-8,15H,5-6,9-14H2,1-2H3/p+1/t15-/m0/s1. The number of quaternary nitrogens is 1. The first-order valence-electron chi connectivity index (χ1n) is 8.31. The molecule has 22 heavy (non-hydrogen) atoms. The minimum absolute atomic E-state index is 0.0272. The monoisotopic (exact) mass is 306 g/mol. The molecular formula is C18H28NO3+. The van der Waals surface area contributed by atoms with E-state index < -0.39 is 0 Å². The lowest BCUT2D eigenvalue weighted by molar-refractivity contribution is -0.908. The molecule has 1 aliphatic heterocycles. The maximum Gasteiger partial charge on any atom is 0.163 e. The summed E-state index contributed by atoms with van der Waals surface area (Å²) >= 11 is 0. The van der Waals surface area contributed by atoms with Gasteiger partial charge in [0, 0.05) is 5.92 Å². The highest BCUT2D eigenvalue weighted by Crippen LogP contribution is 2.18. The highest BCUT2D eigenvalue weighted by Gasteiger charge is 2.18. The molecule has 2 atom stereocenters. The normalized spacial score (nSPS) is 21.5. The summed E-state index contributed by atoms with van der Waals surface area (Å²) in [7, 11) is 0. The molecule has 2 rings (SSSR count). The lowest BCUT2D eigenvalue weighted by Gasteiger charge is -2.27. The van der Waals surface area contributed by atoms with Crippen molar-refractivity contribution in [3.63, 3.8) is 0 Å². The molecule has 1 aliphatic rings. The van der Waals surface area contributed by atoms with E-state index in [0.717, 1.165) is 19.1 Å². The van der Waals surface area contributed by atoms with E-state index >= 15 is 0 Å². The number of ether oxygens (including phenoxy) is 2. The second-order valence-electron chi connectivity index (χ2n) is 6.21. The average molecular weight is 306 g/mol. The van der Waals surface area contributed by atoms with Crippen LogP contribution in [0.1, 0.15) is 37.0 Å². The van der Waals surface area contributed by atoms with Gasteiger partial charge in [-0.15, -0.1) is 0 Å². The molecule has 122 valence electrons. The summed E-state index contributed by atoms with van der Waals surface area (Å²) in [4.78, 5) is 13.1. The smallest absolute Gasteiger partial charge is 0.163 e. The van der Waals surface area contributed by atoms with Crippen LogP contribution in [0.15, 0.2) is 24.3 Å². The van der Waals surface area contributed by atoms with E-state index in [4.69, 9.17) is 9.47 Å². The van der Waals surface area contributed by atoms with Crippen LogP contribution in [-0.2, 0) is 4.74 Å². The Hall–Kier alpha value is -1.39. The number of ketones is 1. The zero-order valence-corrected chi connectivity index (χ0v) is 13.8. The van der Waals surface area contributed by atoms with Gasteiger partial charge in [-0.1, -0.05) is 19.1 Å². The topological polar surface area (TPSA) is 40.0 Å². The van der Waals surface area contributed by atoms with Crippen LogP contribution in [0.4, 0.5) is 0 Å². The number of piperidine rings is 1. The highest BCUT2D eigenvalue weighted by molar-refractivity contribution is 5.96. The number of likely N-dealkylation sites (tertiary alicyclic amines) is 1. The minimum atomic E-state index is 0.0272. The molecule has 1 unspecified atom stereocenters. The lowest BCUT2D eigenvalue weighted by atomic mass is 10.0. The van der Waals surface area contributed by atoms with Gasteiger partial charge in [-0.05, 0) is 31.9 Å². The van der Waals surface area contributed by atoms with Crippen LogP contribution in [-0.4, -0.2) is 45.2 Å². The van der Waals surface area contributed by atoms with E-state index in [2.05, 4.69) is 6.92 Å². The maximum atomic E-state index is 11.5. The highest BCUT2D eigenvalue weighted by atomic mass is 16.5. The Morgan fingerprint density at radius 3 is 2.86 bits per heavy atom. The number of benzene rings is 1. The Morgan fingerprint density at radius 1 is 1.27 bits per heavy atom. The third-order valence-corrected chi connectivity index (χ3v) is 4.22. The Bertz CT molecular complexity index is 475. The Morgan fingerprint density at radius 2 is 2.09 bits per heavy atom. The van der Waals surface area contributed by atoms with Crippen LogP contribution in [0.2, 0.25) is 0 Å². The second kappa shape index (κ2) is 8.91. The Labute approximate surface area is 133 Å². The van der Waals surface area contributed by atoms with Gasteiger partial charge in [-0.25, -0.2) is 0 Å². The van der Waals surface area contributed by atoms with E-state index in [1.54, 1.807) is 17.9 Å². The van der Waals surface area contributed by atoms with Crippen molar-refractivity contribution in [2.45, 2.75) is 26.7 Å². The maximum absolute atomic E-state index is 11.5. The van der Waals surface area contributed by atoms with E-state index in [-0.39, 0.29) is 5.78 Å². The largest absolute Gasteiger partial charge is 0.490 e. The first kappa shape index (κ1) is 17.0. The molecule has 0 spiro atoms. The van der Waals surface area contributed by atoms with Crippen LogP contribution < -0.4 is 9.64 Å². The van der Waals surface area contributed by atoms with Gasteiger partial charge in [0.1, 0.15) is 18.9 Å². The fourth-order valence-electron chi connectivity index (χ4n) is 3.04. The summed E-state index contributed by atoms with van der Waals surface area (Å²) in [6.07, 6.45) is 2.70. The van der Waals surface area contributed by atoms with Crippen molar-refractivity contribution in [2.24, 2.45) is 5.92 Å². The molecule has 1 heterocycles.